The quantitative estimate of drug-likeness (QED) is 0.329. The minimum atomic E-state index is -0.136. The van der Waals surface area contributed by atoms with Crippen LogP contribution in [0.1, 0.15) is 31.0 Å². The van der Waals surface area contributed by atoms with Crippen LogP contribution >= 0.6 is 0 Å². The predicted molar refractivity (Wildman–Crippen MR) is 146 cm³/mol. The molecule has 0 spiro atoms. The summed E-state index contributed by atoms with van der Waals surface area (Å²) in [7, 11) is 0. The molecule has 8 heteroatoms. The fourth-order valence-corrected chi connectivity index (χ4v) is 4.78. The molecule has 1 aliphatic heterocycles. The van der Waals surface area contributed by atoms with Gasteiger partial charge in [-0.05, 0) is 36.6 Å². The van der Waals surface area contributed by atoms with Crippen molar-refractivity contribution in [3.05, 3.63) is 78.1 Å². The second-order valence-electron chi connectivity index (χ2n) is 9.50. The van der Waals surface area contributed by atoms with E-state index in [0.717, 1.165) is 60.8 Å². The van der Waals surface area contributed by atoms with Crippen LogP contribution in [0.25, 0.3) is 22.3 Å². The molecule has 1 unspecified atom stereocenters. The van der Waals surface area contributed by atoms with Gasteiger partial charge in [0.15, 0.2) is 0 Å². The number of H-pyrrole nitrogens is 1. The first kappa shape index (κ1) is 24.9. The Hall–Kier alpha value is -3.75. The first-order valence-corrected chi connectivity index (χ1v) is 12.9. The molecular formula is C29H34N6O2. The van der Waals surface area contributed by atoms with Crippen molar-refractivity contribution in [2.45, 2.75) is 26.4 Å². The van der Waals surface area contributed by atoms with E-state index in [4.69, 9.17) is 4.74 Å². The number of ether oxygens (including phenoxy) is 1. The fourth-order valence-electron chi connectivity index (χ4n) is 4.78. The van der Waals surface area contributed by atoms with Crippen molar-refractivity contribution in [2.75, 3.05) is 44.6 Å². The molecule has 37 heavy (non-hydrogen) atoms. The number of piperazine rings is 1. The minimum absolute atomic E-state index is 0.129. The summed E-state index contributed by atoms with van der Waals surface area (Å²) in [5.74, 6) is 0.686. The Morgan fingerprint density at radius 2 is 1.76 bits per heavy atom. The molecule has 0 aliphatic carbocycles. The van der Waals surface area contributed by atoms with E-state index in [1.165, 1.54) is 11.1 Å². The largest absolute Gasteiger partial charge is 0.465 e. The van der Waals surface area contributed by atoms with Crippen LogP contribution in [0.3, 0.4) is 0 Å². The monoisotopic (exact) mass is 498 g/mol. The molecule has 8 nitrogen and oxygen atoms in total. The van der Waals surface area contributed by atoms with Crippen molar-refractivity contribution < 1.29 is 9.53 Å². The van der Waals surface area contributed by atoms with Crippen molar-refractivity contribution in [1.29, 1.82) is 0 Å². The Kier molecular flexibility index (Phi) is 7.77. The van der Waals surface area contributed by atoms with Crippen LogP contribution < -0.4 is 5.32 Å². The normalized spacial score (nSPS) is 15.5. The summed E-state index contributed by atoms with van der Waals surface area (Å²) in [6.45, 7) is 9.35. The fraction of sp³-hybridized carbons (Fsp3) is 0.345. The smallest absolute Gasteiger partial charge is 0.320 e. The first-order valence-electron chi connectivity index (χ1n) is 12.9. The van der Waals surface area contributed by atoms with Gasteiger partial charge < -0.3 is 15.0 Å². The summed E-state index contributed by atoms with van der Waals surface area (Å²) < 4.78 is 5.07. The molecule has 2 aromatic carbocycles. The van der Waals surface area contributed by atoms with E-state index in [1.807, 2.05) is 25.1 Å². The van der Waals surface area contributed by atoms with Gasteiger partial charge in [0.05, 0.1) is 18.5 Å². The molecule has 1 fully saturated rings. The molecule has 192 valence electrons. The number of anilines is 1. The highest BCUT2D eigenvalue weighted by Gasteiger charge is 2.19. The second kappa shape index (κ2) is 11.5. The summed E-state index contributed by atoms with van der Waals surface area (Å²) >= 11 is 0. The number of benzene rings is 2. The summed E-state index contributed by atoms with van der Waals surface area (Å²) in [5.41, 5.74) is 5.43. The Labute approximate surface area is 217 Å². The Morgan fingerprint density at radius 3 is 2.49 bits per heavy atom. The Balaban J connectivity index is 1.21. The molecule has 2 N–H and O–H groups in total. The van der Waals surface area contributed by atoms with Gasteiger partial charge >= 0.3 is 5.97 Å². The van der Waals surface area contributed by atoms with Gasteiger partial charge in [-0.1, -0.05) is 54.6 Å². The van der Waals surface area contributed by atoms with E-state index >= 15 is 0 Å². The van der Waals surface area contributed by atoms with E-state index in [2.05, 4.69) is 79.5 Å². The lowest BCUT2D eigenvalue weighted by molar-refractivity contribution is -0.144. The van der Waals surface area contributed by atoms with E-state index in [9.17, 15) is 4.79 Å². The summed E-state index contributed by atoms with van der Waals surface area (Å²) in [6.07, 6.45) is 1.60. The van der Waals surface area contributed by atoms with Gasteiger partial charge in [-0.15, -0.1) is 0 Å². The molecular weight excluding hydrogens is 464 g/mol. The van der Waals surface area contributed by atoms with Crippen molar-refractivity contribution in [2.24, 2.45) is 0 Å². The number of esters is 1. The van der Waals surface area contributed by atoms with E-state index < -0.39 is 0 Å². The van der Waals surface area contributed by atoms with Gasteiger partial charge in [0, 0.05) is 44.5 Å². The van der Waals surface area contributed by atoms with Crippen molar-refractivity contribution in [3.8, 4) is 11.3 Å². The van der Waals surface area contributed by atoms with Gasteiger partial charge in [0.2, 0.25) is 0 Å². The molecule has 1 aliphatic rings. The van der Waals surface area contributed by atoms with Gasteiger partial charge in [0.1, 0.15) is 17.8 Å². The predicted octanol–water partition coefficient (Wildman–Crippen LogP) is 4.48. The van der Waals surface area contributed by atoms with Crippen LogP contribution in [0.2, 0.25) is 0 Å². The number of aromatic amines is 1. The van der Waals surface area contributed by atoms with Crippen molar-refractivity contribution in [1.82, 2.24) is 24.8 Å². The third-order valence-corrected chi connectivity index (χ3v) is 6.87. The highest BCUT2D eigenvalue weighted by Crippen LogP contribution is 2.29. The number of nitrogens with zero attached hydrogens (tertiary/aromatic N) is 4. The first-order chi connectivity index (χ1) is 18.1. The van der Waals surface area contributed by atoms with Crippen LogP contribution in [0, 0.1) is 0 Å². The molecule has 2 aromatic heterocycles. The number of fused-ring (bicyclic) bond motifs is 1. The maximum absolute atomic E-state index is 11.7. The Morgan fingerprint density at radius 1 is 1.03 bits per heavy atom. The molecule has 5 rings (SSSR count). The average molecular weight is 499 g/mol. The molecule has 4 aromatic rings. The standard InChI is InChI=1S/C29H34N6O2/c1-3-37-27(36)19-35-15-13-34(14-16-35)18-22-9-11-24(12-10-22)26-17-25-28(30-20-31-29(25)33-26)32-21(2)23-7-5-4-6-8-23/h4-12,17,20-21H,3,13-16,18-19H2,1-2H3,(H2,30,31,32,33). The molecule has 0 bridgehead atoms. The van der Waals surface area contributed by atoms with E-state index in [0.29, 0.717) is 13.2 Å². The number of hydrogen-bond donors (Lipinski definition) is 2. The molecule has 1 saturated heterocycles. The van der Waals surface area contributed by atoms with Gasteiger partial charge in [-0.2, -0.15) is 0 Å². The molecule has 3 heterocycles. The topological polar surface area (TPSA) is 86.4 Å². The lowest BCUT2D eigenvalue weighted by atomic mass is 10.1. The van der Waals surface area contributed by atoms with Crippen LogP contribution in [0.5, 0.6) is 0 Å². The average Bonchev–Trinajstić information content (AvgIpc) is 3.36. The van der Waals surface area contributed by atoms with Crippen molar-refractivity contribution in [3.63, 3.8) is 0 Å². The van der Waals surface area contributed by atoms with Crippen LogP contribution in [0.4, 0.5) is 5.82 Å². The van der Waals surface area contributed by atoms with Crippen LogP contribution in [-0.2, 0) is 16.1 Å². The van der Waals surface area contributed by atoms with Crippen LogP contribution in [0.15, 0.2) is 67.0 Å². The maximum atomic E-state index is 11.7. The van der Waals surface area contributed by atoms with Crippen LogP contribution in [-0.4, -0.2) is 70.1 Å². The number of hydrogen-bond acceptors (Lipinski definition) is 7. The zero-order valence-electron chi connectivity index (χ0n) is 21.5. The third-order valence-electron chi connectivity index (χ3n) is 6.87. The zero-order chi connectivity index (χ0) is 25.6. The lowest BCUT2D eigenvalue weighted by Crippen LogP contribution is -2.47. The van der Waals surface area contributed by atoms with Gasteiger partial charge in [0.25, 0.3) is 0 Å². The number of carbonyl (C=O) groups is 1. The van der Waals surface area contributed by atoms with E-state index in [1.54, 1.807) is 6.33 Å². The second-order valence-corrected chi connectivity index (χ2v) is 9.50. The summed E-state index contributed by atoms with van der Waals surface area (Å²) in [5, 5.41) is 4.51. The molecule has 1 atom stereocenters. The van der Waals surface area contributed by atoms with E-state index in [-0.39, 0.29) is 12.0 Å². The highest BCUT2D eigenvalue weighted by molar-refractivity contribution is 5.91. The number of carbonyl (C=O) groups excluding carboxylic acids is 1. The number of aromatic nitrogens is 3. The molecule has 0 saturated carbocycles. The SMILES string of the molecule is CCOC(=O)CN1CCN(Cc2ccc(-c3cc4c(NC(C)c5ccccc5)ncnc4[nH]3)cc2)CC1. The van der Waals surface area contributed by atoms with Gasteiger partial charge in [-0.25, -0.2) is 9.97 Å². The van der Waals surface area contributed by atoms with Crippen molar-refractivity contribution >= 4 is 22.8 Å². The van der Waals surface area contributed by atoms with Gasteiger partial charge in [-0.3, -0.25) is 14.6 Å². The Bertz CT molecular complexity index is 1310. The lowest BCUT2D eigenvalue weighted by Gasteiger charge is -2.34. The number of nitrogens with one attached hydrogen (secondary N) is 2. The maximum Gasteiger partial charge on any atom is 0.320 e. The molecule has 0 amide bonds. The molecule has 0 radical (unpaired) electrons. The third kappa shape index (κ3) is 6.15. The minimum Gasteiger partial charge on any atom is -0.465 e. The highest BCUT2D eigenvalue weighted by atomic mass is 16.5. The summed E-state index contributed by atoms with van der Waals surface area (Å²) in [4.78, 5) is 28.7. The zero-order valence-corrected chi connectivity index (χ0v) is 21.5. The summed E-state index contributed by atoms with van der Waals surface area (Å²) in [6, 6.07) is 21.3. The number of rotatable bonds is 9.